The quantitative estimate of drug-likeness (QED) is 0.553. The lowest BCUT2D eigenvalue weighted by molar-refractivity contribution is -0.117. The van der Waals surface area contributed by atoms with Gasteiger partial charge in [-0.05, 0) is 50.2 Å². The molecule has 2 N–H and O–H groups in total. The van der Waals surface area contributed by atoms with Crippen molar-refractivity contribution in [1.82, 2.24) is 14.8 Å². The summed E-state index contributed by atoms with van der Waals surface area (Å²) in [5, 5.41) is 8.83. The first kappa shape index (κ1) is 19.4. The van der Waals surface area contributed by atoms with Crippen LogP contribution >= 0.6 is 27.7 Å². The lowest BCUT2D eigenvalue weighted by atomic mass is 10.2. The van der Waals surface area contributed by atoms with Crippen molar-refractivity contribution in [3.63, 3.8) is 0 Å². The molecule has 0 aliphatic rings. The summed E-state index contributed by atoms with van der Waals surface area (Å²) in [5.41, 5.74) is 7.21. The van der Waals surface area contributed by atoms with Crippen molar-refractivity contribution < 1.29 is 9.53 Å². The average molecular weight is 447 g/mol. The van der Waals surface area contributed by atoms with E-state index in [0.29, 0.717) is 17.6 Å². The molecule has 1 heterocycles. The lowest BCUT2D eigenvalue weighted by Gasteiger charge is -2.13. The van der Waals surface area contributed by atoms with E-state index in [-0.39, 0.29) is 0 Å². The maximum Gasteiger partial charge on any atom is 0.230 e. The number of nitrogens with two attached hydrogens (primary N) is 1. The lowest BCUT2D eigenvalue weighted by Crippen LogP contribution is -2.23. The summed E-state index contributed by atoms with van der Waals surface area (Å²) in [6.07, 6.45) is 0. The largest absolute Gasteiger partial charge is 0.494 e. The van der Waals surface area contributed by atoms with E-state index in [2.05, 4.69) is 26.1 Å². The SMILES string of the molecule is CCOc1ccc(-n2c(S[C@@H](C)C(N)=O)nnc2-c2ccc(Br)cc2)cc1. The highest BCUT2D eigenvalue weighted by atomic mass is 79.9. The van der Waals surface area contributed by atoms with Gasteiger partial charge in [0.05, 0.1) is 11.9 Å². The number of carbonyl (C=O) groups excluding carboxylic acids is 1. The van der Waals surface area contributed by atoms with Crippen LogP contribution in [0.2, 0.25) is 0 Å². The van der Waals surface area contributed by atoms with E-state index in [4.69, 9.17) is 10.5 Å². The normalized spacial score (nSPS) is 12.0. The van der Waals surface area contributed by atoms with Crippen LogP contribution in [0, 0.1) is 0 Å². The van der Waals surface area contributed by atoms with Crippen LogP contribution in [0.3, 0.4) is 0 Å². The molecule has 27 heavy (non-hydrogen) atoms. The predicted octanol–water partition coefficient (Wildman–Crippen LogP) is 4.06. The Labute approximate surface area is 170 Å². The van der Waals surface area contributed by atoms with Crippen molar-refractivity contribution in [1.29, 1.82) is 0 Å². The molecule has 0 aliphatic carbocycles. The number of rotatable bonds is 7. The van der Waals surface area contributed by atoms with Gasteiger partial charge in [-0.3, -0.25) is 9.36 Å². The fourth-order valence-corrected chi connectivity index (χ4v) is 3.52. The van der Waals surface area contributed by atoms with Crippen LogP contribution in [-0.4, -0.2) is 32.5 Å². The van der Waals surface area contributed by atoms with E-state index in [0.717, 1.165) is 21.5 Å². The monoisotopic (exact) mass is 446 g/mol. The zero-order chi connectivity index (χ0) is 19.4. The number of carbonyl (C=O) groups is 1. The molecule has 1 aromatic heterocycles. The number of aromatic nitrogens is 3. The highest BCUT2D eigenvalue weighted by Gasteiger charge is 2.20. The highest BCUT2D eigenvalue weighted by Crippen LogP contribution is 2.31. The van der Waals surface area contributed by atoms with Crippen molar-refractivity contribution in [2.75, 3.05) is 6.61 Å². The molecular weight excluding hydrogens is 428 g/mol. The number of hydrogen-bond acceptors (Lipinski definition) is 5. The Morgan fingerprint density at radius 2 is 1.85 bits per heavy atom. The minimum Gasteiger partial charge on any atom is -0.494 e. The van der Waals surface area contributed by atoms with Gasteiger partial charge in [-0.25, -0.2) is 0 Å². The van der Waals surface area contributed by atoms with E-state index >= 15 is 0 Å². The topological polar surface area (TPSA) is 83.0 Å². The minimum absolute atomic E-state index is 0.397. The Kier molecular flexibility index (Phi) is 6.18. The van der Waals surface area contributed by atoms with Crippen LogP contribution in [0.15, 0.2) is 58.2 Å². The van der Waals surface area contributed by atoms with Gasteiger partial charge in [0.1, 0.15) is 5.75 Å². The van der Waals surface area contributed by atoms with Gasteiger partial charge < -0.3 is 10.5 Å². The molecule has 0 bridgehead atoms. The van der Waals surface area contributed by atoms with E-state index in [1.54, 1.807) is 6.92 Å². The van der Waals surface area contributed by atoms with E-state index < -0.39 is 11.2 Å². The number of primary amides is 1. The number of halogens is 1. The van der Waals surface area contributed by atoms with Gasteiger partial charge in [0.15, 0.2) is 11.0 Å². The molecule has 2 aromatic carbocycles. The number of hydrogen-bond donors (Lipinski definition) is 1. The molecule has 3 rings (SSSR count). The molecule has 140 valence electrons. The number of nitrogens with zero attached hydrogens (tertiary/aromatic N) is 3. The average Bonchev–Trinajstić information content (AvgIpc) is 3.06. The van der Waals surface area contributed by atoms with Gasteiger partial charge >= 0.3 is 0 Å². The van der Waals surface area contributed by atoms with Crippen molar-refractivity contribution in [3.8, 4) is 22.8 Å². The van der Waals surface area contributed by atoms with Gasteiger partial charge in [-0.2, -0.15) is 0 Å². The summed E-state index contributed by atoms with van der Waals surface area (Å²) in [4.78, 5) is 11.5. The maximum absolute atomic E-state index is 11.5. The summed E-state index contributed by atoms with van der Waals surface area (Å²) in [5.74, 6) is 1.08. The number of thioether (sulfide) groups is 1. The summed E-state index contributed by atoms with van der Waals surface area (Å²) in [6.45, 7) is 4.30. The maximum atomic E-state index is 11.5. The first-order valence-corrected chi connectivity index (χ1v) is 10.1. The third kappa shape index (κ3) is 4.51. The molecule has 0 saturated heterocycles. The van der Waals surface area contributed by atoms with Crippen molar-refractivity contribution in [2.24, 2.45) is 5.73 Å². The van der Waals surface area contributed by atoms with Crippen LogP contribution in [0.25, 0.3) is 17.1 Å². The molecule has 6 nitrogen and oxygen atoms in total. The van der Waals surface area contributed by atoms with Crippen LogP contribution in [0.4, 0.5) is 0 Å². The molecule has 0 fully saturated rings. The molecule has 0 spiro atoms. The molecule has 0 aliphatic heterocycles. The number of benzene rings is 2. The molecule has 1 amide bonds. The fourth-order valence-electron chi connectivity index (χ4n) is 2.44. The summed E-state index contributed by atoms with van der Waals surface area (Å²) < 4.78 is 8.42. The summed E-state index contributed by atoms with van der Waals surface area (Å²) >= 11 is 4.73. The zero-order valence-electron chi connectivity index (χ0n) is 14.9. The van der Waals surface area contributed by atoms with Crippen molar-refractivity contribution >= 4 is 33.6 Å². The first-order valence-electron chi connectivity index (χ1n) is 8.40. The first-order chi connectivity index (χ1) is 13.0. The molecule has 8 heteroatoms. The second-order valence-corrected chi connectivity index (χ2v) is 7.96. The molecule has 0 saturated carbocycles. The Morgan fingerprint density at radius 1 is 1.19 bits per heavy atom. The molecular formula is C19H19BrN4O2S. The molecule has 0 radical (unpaired) electrons. The predicted molar refractivity (Wildman–Crippen MR) is 110 cm³/mol. The third-order valence-electron chi connectivity index (χ3n) is 3.82. The second kappa shape index (κ2) is 8.58. The second-order valence-electron chi connectivity index (χ2n) is 5.74. The van der Waals surface area contributed by atoms with Crippen molar-refractivity contribution in [3.05, 3.63) is 53.0 Å². The van der Waals surface area contributed by atoms with E-state index in [1.165, 1.54) is 11.8 Å². The highest BCUT2D eigenvalue weighted by molar-refractivity contribution is 9.10. The van der Waals surface area contributed by atoms with Gasteiger partial charge in [-0.1, -0.05) is 39.8 Å². The Hall–Kier alpha value is -2.32. The van der Waals surface area contributed by atoms with Crippen LogP contribution < -0.4 is 10.5 Å². The zero-order valence-corrected chi connectivity index (χ0v) is 17.3. The molecule has 1 atom stereocenters. The van der Waals surface area contributed by atoms with E-state index in [9.17, 15) is 4.79 Å². The smallest absolute Gasteiger partial charge is 0.230 e. The number of ether oxygens (including phenoxy) is 1. The number of amides is 1. The van der Waals surface area contributed by atoms with E-state index in [1.807, 2.05) is 60.0 Å². The van der Waals surface area contributed by atoms with Crippen molar-refractivity contribution in [2.45, 2.75) is 24.3 Å². The van der Waals surface area contributed by atoms with Gasteiger partial charge in [0, 0.05) is 15.7 Å². The minimum atomic E-state index is -0.423. The Bertz CT molecular complexity index is 926. The Balaban J connectivity index is 2.07. The van der Waals surface area contributed by atoms with Gasteiger partial charge in [0.25, 0.3) is 0 Å². The van der Waals surface area contributed by atoms with Gasteiger partial charge in [0.2, 0.25) is 5.91 Å². The molecule has 0 unspecified atom stereocenters. The summed E-state index contributed by atoms with van der Waals surface area (Å²) in [6, 6.07) is 15.5. The van der Waals surface area contributed by atoms with Crippen LogP contribution in [0.1, 0.15) is 13.8 Å². The third-order valence-corrected chi connectivity index (χ3v) is 5.41. The molecule has 3 aromatic rings. The van der Waals surface area contributed by atoms with Crippen LogP contribution in [-0.2, 0) is 4.79 Å². The Morgan fingerprint density at radius 3 is 2.44 bits per heavy atom. The van der Waals surface area contributed by atoms with Crippen LogP contribution in [0.5, 0.6) is 5.75 Å². The summed E-state index contributed by atoms with van der Waals surface area (Å²) in [7, 11) is 0. The fraction of sp³-hybridized carbons (Fsp3) is 0.211. The van der Waals surface area contributed by atoms with Gasteiger partial charge in [-0.15, -0.1) is 10.2 Å². The standard InChI is InChI=1S/C19H19BrN4O2S/c1-3-26-16-10-8-15(9-11-16)24-18(13-4-6-14(20)7-5-13)22-23-19(24)27-12(2)17(21)25/h4-12H,3H2,1-2H3,(H2,21,25)/t12-/m0/s1.